The van der Waals surface area contributed by atoms with Gasteiger partial charge in [0.15, 0.2) is 0 Å². The first-order valence-corrected chi connectivity index (χ1v) is 3.25. The number of nitrogens with zero attached hydrogens (tertiary/aromatic N) is 1. The van der Waals surface area contributed by atoms with Gasteiger partial charge in [0.1, 0.15) is 5.82 Å². The van der Waals surface area contributed by atoms with Gasteiger partial charge in [0.25, 0.3) is 0 Å². The van der Waals surface area contributed by atoms with Crippen molar-refractivity contribution < 1.29 is 0 Å². The first-order chi connectivity index (χ1) is 4.75. The lowest BCUT2D eigenvalue weighted by atomic mass is 10.2. The van der Waals surface area contributed by atoms with Crippen LogP contribution in [0.25, 0.3) is 0 Å². The maximum atomic E-state index is 5.55. The molecule has 0 fully saturated rings. The number of hydrogen-bond donors (Lipinski definition) is 3. The van der Waals surface area contributed by atoms with E-state index in [0.29, 0.717) is 12.4 Å². The van der Waals surface area contributed by atoms with E-state index in [1.807, 2.05) is 6.92 Å². The average Bonchev–Trinajstić information content (AvgIpc) is 2.20. The summed E-state index contributed by atoms with van der Waals surface area (Å²) in [7, 11) is 0. The van der Waals surface area contributed by atoms with Gasteiger partial charge in [-0.2, -0.15) is 5.10 Å². The van der Waals surface area contributed by atoms with Gasteiger partial charge in [0.2, 0.25) is 0 Å². The second kappa shape index (κ2) is 6.11. The normalized spacial score (nSPS) is 8.50. The molecule has 0 aliphatic carbocycles. The molecule has 0 aliphatic heterocycles. The number of aromatic nitrogens is 2. The fraction of sp³-hybridized carbons (Fsp3) is 0.500. The number of aryl methyl sites for hydroxylation is 1. The highest BCUT2D eigenvalue weighted by molar-refractivity contribution is 5.85. The number of hydrogen-bond acceptors (Lipinski definition) is 3. The Hall–Kier alpha value is -0.450. The van der Waals surface area contributed by atoms with Crippen LogP contribution in [0.4, 0.5) is 5.82 Å². The number of nitrogens with two attached hydrogens (primary N) is 2. The van der Waals surface area contributed by atoms with Gasteiger partial charge in [-0.15, -0.1) is 24.8 Å². The molecule has 72 valence electrons. The third-order valence-corrected chi connectivity index (χ3v) is 1.50. The van der Waals surface area contributed by atoms with Crippen LogP contribution in [0.3, 0.4) is 0 Å². The Morgan fingerprint density at radius 3 is 2.33 bits per heavy atom. The standard InChI is InChI=1S/C6H12N4.2ClH/c1-4-5(2-3-7)6(8)10-9-4;;/h2-3,7H2,1H3,(H3,8,9,10);2*1H. The van der Waals surface area contributed by atoms with Gasteiger partial charge < -0.3 is 11.5 Å². The lowest BCUT2D eigenvalue weighted by molar-refractivity contribution is 0.957. The molecule has 1 heterocycles. The minimum absolute atomic E-state index is 0. The van der Waals surface area contributed by atoms with Crippen molar-refractivity contribution in [3.63, 3.8) is 0 Å². The van der Waals surface area contributed by atoms with E-state index >= 15 is 0 Å². The zero-order valence-electron chi connectivity index (χ0n) is 6.83. The molecular weight excluding hydrogens is 199 g/mol. The number of nitrogen functional groups attached to an aromatic ring is 1. The highest BCUT2D eigenvalue weighted by Crippen LogP contribution is 2.11. The van der Waals surface area contributed by atoms with Crippen LogP contribution in [0, 0.1) is 6.92 Å². The largest absolute Gasteiger partial charge is 0.384 e. The molecular formula is C6H14Cl2N4. The minimum Gasteiger partial charge on any atom is -0.384 e. The van der Waals surface area contributed by atoms with Gasteiger partial charge in [-0.05, 0) is 19.9 Å². The molecule has 0 aromatic carbocycles. The topological polar surface area (TPSA) is 80.7 Å². The Bertz CT molecular complexity index is 204. The molecule has 12 heavy (non-hydrogen) atoms. The Morgan fingerprint density at radius 1 is 1.42 bits per heavy atom. The summed E-state index contributed by atoms with van der Waals surface area (Å²) in [5.74, 6) is 0.642. The van der Waals surface area contributed by atoms with E-state index in [1.54, 1.807) is 0 Å². The summed E-state index contributed by atoms with van der Waals surface area (Å²) in [4.78, 5) is 0. The number of aromatic amines is 1. The number of halogens is 2. The minimum atomic E-state index is 0. The molecule has 1 aromatic heterocycles. The zero-order valence-corrected chi connectivity index (χ0v) is 8.47. The lowest BCUT2D eigenvalue weighted by Crippen LogP contribution is -2.04. The van der Waals surface area contributed by atoms with E-state index in [4.69, 9.17) is 11.5 Å². The van der Waals surface area contributed by atoms with Crippen molar-refractivity contribution in [2.24, 2.45) is 5.73 Å². The van der Waals surface area contributed by atoms with Crippen molar-refractivity contribution in [1.29, 1.82) is 0 Å². The van der Waals surface area contributed by atoms with Gasteiger partial charge >= 0.3 is 0 Å². The smallest absolute Gasteiger partial charge is 0.122 e. The van der Waals surface area contributed by atoms with Crippen molar-refractivity contribution in [3.8, 4) is 0 Å². The van der Waals surface area contributed by atoms with Gasteiger partial charge in [-0.1, -0.05) is 0 Å². The number of rotatable bonds is 2. The second-order valence-electron chi connectivity index (χ2n) is 2.24. The van der Waals surface area contributed by atoms with Crippen LogP contribution >= 0.6 is 24.8 Å². The highest BCUT2D eigenvalue weighted by Gasteiger charge is 2.03. The summed E-state index contributed by atoms with van der Waals surface area (Å²) in [6.45, 7) is 2.53. The average molecular weight is 213 g/mol. The van der Waals surface area contributed by atoms with Crippen LogP contribution in [-0.4, -0.2) is 16.7 Å². The van der Waals surface area contributed by atoms with Crippen molar-refractivity contribution in [2.45, 2.75) is 13.3 Å². The Kier molecular flexibility index (Phi) is 7.18. The fourth-order valence-electron chi connectivity index (χ4n) is 0.934. The van der Waals surface area contributed by atoms with Gasteiger partial charge in [-0.3, -0.25) is 5.10 Å². The zero-order chi connectivity index (χ0) is 7.56. The van der Waals surface area contributed by atoms with Crippen molar-refractivity contribution in [3.05, 3.63) is 11.3 Å². The van der Waals surface area contributed by atoms with E-state index in [2.05, 4.69) is 10.2 Å². The Morgan fingerprint density at radius 2 is 2.00 bits per heavy atom. The summed E-state index contributed by atoms with van der Waals surface area (Å²) in [5, 5.41) is 6.62. The molecule has 6 heteroatoms. The third-order valence-electron chi connectivity index (χ3n) is 1.50. The van der Waals surface area contributed by atoms with Crippen LogP contribution in [0.2, 0.25) is 0 Å². The predicted molar refractivity (Wildman–Crippen MR) is 55.0 cm³/mol. The molecule has 1 aromatic rings. The van der Waals surface area contributed by atoms with E-state index in [-0.39, 0.29) is 24.8 Å². The third kappa shape index (κ3) is 2.89. The van der Waals surface area contributed by atoms with Crippen LogP contribution < -0.4 is 11.5 Å². The van der Waals surface area contributed by atoms with Gasteiger partial charge in [0.05, 0.1) is 5.69 Å². The van der Waals surface area contributed by atoms with Crippen molar-refractivity contribution in [2.75, 3.05) is 12.3 Å². The SMILES string of the molecule is Cc1n[nH]c(N)c1CCN.Cl.Cl. The van der Waals surface area contributed by atoms with E-state index in [9.17, 15) is 0 Å². The summed E-state index contributed by atoms with van der Waals surface area (Å²) in [6.07, 6.45) is 0.800. The summed E-state index contributed by atoms with van der Waals surface area (Å²) >= 11 is 0. The number of anilines is 1. The van der Waals surface area contributed by atoms with Crippen molar-refractivity contribution in [1.82, 2.24) is 10.2 Å². The van der Waals surface area contributed by atoms with E-state index in [1.165, 1.54) is 0 Å². The molecule has 0 saturated carbocycles. The van der Waals surface area contributed by atoms with Crippen LogP contribution in [0.1, 0.15) is 11.3 Å². The van der Waals surface area contributed by atoms with Gasteiger partial charge in [-0.25, -0.2) is 0 Å². The molecule has 0 amide bonds. The van der Waals surface area contributed by atoms with Crippen LogP contribution in [-0.2, 0) is 6.42 Å². The first-order valence-electron chi connectivity index (χ1n) is 3.25. The highest BCUT2D eigenvalue weighted by atomic mass is 35.5. The van der Waals surface area contributed by atoms with Crippen LogP contribution in [0.15, 0.2) is 0 Å². The first kappa shape index (κ1) is 14.1. The number of H-pyrrole nitrogens is 1. The predicted octanol–water partition coefficient (Wildman–Crippen LogP) is 0.645. The molecule has 1 rings (SSSR count). The molecule has 0 aliphatic rings. The lowest BCUT2D eigenvalue weighted by Gasteiger charge is -1.94. The summed E-state index contributed by atoms with van der Waals surface area (Å²) < 4.78 is 0. The summed E-state index contributed by atoms with van der Waals surface area (Å²) in [6, 6.07) is 0. The maximum absolute atomic E-state index is 5.55. The fourth-order valence-corrected chi connectivity index (χ4v) is 0.934. The van der Waals surface area contributed by atoms with Crippen LogP contribution in [0.5, 0.6) is 0 Å². The second-order valence-corrected chi connectivity index (χ2v) is 2.24. The molecule has 5 N–H and O–H groups in total. The summed E-state index contributed by atoms with van der Waals surface area (Å²) in [5.41, 5.74) is 12.9. The van der Waals surface area contributed by atoms with Crippen molar-refractivity contribution >= 4 is 30.6 Å². The Labute approximate surface area is 83.9 Å². The molecule has 0 atom stereocenters. The molecule has 4 nitrogen and oxygen atoms in total. The Balaban J connectivity index is 0. The molecule has 0 saturated heterocycles. The maximum Gasteiger partial charge on any atom is 0.122 e. The van der Waals surface area contributed by atoms with E-state index in [0.717, 1.165) is 17.7 Å². The van der Waals surface area contributed by atoms with E-state index < -0.39 is 0 Å². The number of nitrogens with one attached hydrogen (secondary N) is 1. The molecule has 0 radical (unpaired) electrons. The molecule has 0 bridgehead atoms. The molecule has 0 spiro atoms. The monoisotopic (exact) mass is 212 g/mol. The van der Waals surface area contributed by atoms with Gasteiger partial charge in [0, 0.05) is 5.56 Å². The quantitative estimate of drug-likeness (QED) is 0.674. The molecule has 0 unspecified atom stereocenters.